The van der Waals surface area contributed by atoms with Crippen LogP contribution in [0.5, 0.6) is 0 Å². The first kappa shape index (κ1) is 30.1. The van der Waals surface area contributed by atoms with Crippen LogP contribution in [0.3, 0.4) is 0 Å². The third kappa shape index (κ3) is 5.23. The van der Waals surface area contributed by atoms with Crippen molar-refractivity contribution >= 4 is 17.6 Å². The Bertz CT molecular complexity index is 1160. The van der Waals surface area contributed by atoms with Crippen LogP contribution in [0.2, 0.25) is 12.1 Å². The van der Waals surface area contributed by atoms with Crippen LogP contribution in [0, 0.1) is 0 Å². The Morgan fingerprint density at radius 2 is 1.06 bits per heavy atom. The number of rotatable bonds is 2. The average Bonchev–Trinajstić information content (AvgIpc) is 3.45. The van der Waals surface area contributed by atoms with Crippen molar-refractivity contribution in [2.75, 3.05) is 0 Å². The molecule has 0 bridgehead atoms. The topological polar surface area (TPSA) is 0 Å². The van der Waals surface area contributed by atoms with Gasteiger partial charge in [0.15, 0.2) is 0 Å². The van der Waals surface area contributed by atoms with Gasteiger partial charge in [-0.05, 0) is 0 Å². The molecule has 192 valence electrons. The van der Waals surface area contributed by atoms with Gasteiger partial charge in [0.05, 0.1) is 0 Å². The minimum atomic E-state index is -2.18. The van der Waals surface area contributed by atoms with Crippen molar-refractivity contribution in [3.63, 3.8) is 0 Å². The van der Waals surface area contributed by atoms with E-state index in [-0.39, 0.29) is 41.1 Å². The third-order valence-electron chi connectivity index (χ3n) is 8.41. The maximum Gasteiger partial charge on any atom is -1.00 e. The zero-order valence-electron chi connectivity index (χ0n) is 23.4. The smallest absolute Gasteiger partial charge is 1.00 e. The molecule has 3 aliphatic rings. The Kier molecular flexibility index (Phi) is 9.20. The quantitative estimate of drug-likeness (QED) is 0.422. The van der Waals surface area contributed by atoms with Crippen molar-refractivity contribution < 1.29 is 44.9 Å². The van der Waals surface area contributed by atoms with Crippen LogP contribution in [-0.4, -0.2) is 5.49 Å². The largest absolute Gasteiger partial charge is 1.00 e. The number of hydrogen-bond acceptors (Lipinski definition) is 0. The Hall–Kier alpha value is -0.413. The standard InChI is InChI=1S/2C14H17.C4H8Si.2ClH.Hf/c2*1-10-8-11-6-5-7-13(12(11)9-10)14(2,3)4;1-2-4-5-3-1;;;/h2*5-9H,1-4H3;1-4H2;2*1H;/q;;;;;+2/p-2. The summed E-state index contributed by atoms with van der Waals surface area (Å²) < 4.78 is 1.57. The fourth-order valence-corrected chi connectivity index (χ4v) is 44.5. The molecule has 1 heterocycles. The van der Waals surface area contributed by atoms with Crippen LogP contribution in [-0.2, 0) is 30.9 Å². The number of halogens is 2. The van der Waals surface area contributed by atoms with Gasteiger partial charge in [-0.3, -0.25) is 0 Å². The van der Waals surface area contributed by atoms with Crippen LogP contribution >= 0.6 is 0 Å². The van der Waals surface area contributed by atoms with Gasteiger partial charge in [0, 0.05) is 0 Å². The van der Waals surface area contributed by atoms with Gasteiger partial charge in [0.1, 0.15) is 0 Å². The van der Waals surface area contributed by atoms with Crippen LogP contribution < -0.4 is 24.8 Å². The van der Waals surface area contributed by atoms with Gasteiger partial charge in [0.25, 0.3) is 0 Å². The number of benzene rings is 2. The van der Waals surface area contributed by atoms with E-state index in [2.05, 4.69) is 104 Å². The van der Waals surface area contributed by atoms with E-state index in [0.29, 0.717) is 0 Å². The van der Waals surface area contributed by atoms with E-state index in [1.807, 2.05) is 0 Å². The summed E-state index contributed by atoms with van der Waals surface area (Å²) in [5.41, 5.74) is 13.3. The van der Waals surface area contributed by atoms with Crippen molar-refractivity contribution in [2.24, 2.45) is 0 Å². The van der Waals surface area contributed by atoms with E-state index in [1.54, 1.807) is 56.6 Å². The van der Waals surface area contributed by atoms with E-state index in [1.165, 1.54) is 12.8 Å². The van der Waals surface area contributed by atoms with Gasteiger partial charge in [-0.25, -0.2) is 0 Å². The summed E-state index contributed by atoms with van der Waals surface area (Å²) in [5, 5.41) is 0. The predicted molar refractivity (Wildman–Crippen MR) is 148 cm³/mol. The molecule has 2 atom stereocenters. The van der Waals surface area contributed by atoms with Crippen molar-refractivity contribution in [1.29, 1.82) is 0 Å². The molecule has 2 aromatic carbocycles. The minimum absolute atomic E-state index is 0. The molecule has 1 fully saturated rings. The van der Waals surface area contributed by atoms with Gasteiger partial charge < -0.3 is 24.8 Å². The molecule has 36 heavy (non-hydrogen) atoms. The maximum absolute atomic E-state index is 2.61. The molecule has 0 spiro atoms. The molecular formula is C32H42Cl2HfSi. The van der Waals surface area contributed by atoms with Gasteiger partial charge in [-0.15, -0.1) is 0 Å². The molecule has 4 heteroatoms. The molecule has 0 nitrogen and oxygen atoms in total. The summed E-state index contributed by atoms with van der Waals surface area (Å²) in [7, 11) is 0. The molecule has 1 saturated heterocycles. The Morgan fingerprint density at radius 3 is 1.42 bits per heavy atom. The second-order valence-electron chi connectivity index (χ2n) is 13.0. The SMILES string of the molecule is CC1=Cc2c(cccc2C(C)(C)C)[CH]1[Hf+2]([CH]1C(C)=Cc2c1cccc2C(C)(C)C)=[Si]1CCCC1.[Cl-].[Cl-]. The first-order valence-electron chi connectivity index (χ1n) is 13.3. The summed E-state index contributed by atoms with van der Waals surface area (Å²) in [6.07, 6.45) is 8.22. The molecule has 0 N–H and O–H groups in total. The Labute approximate surface area is 240 Å². The molecule has 2 aromatic rings. The van der Waals surface area contributed by atoms with E-state index >= 15 is 0 Å². The first-order chi connectivity index (χ1) is 16.0. The van der Waals surface area contributed by atoms with Crippen molar-refractivity contribution in [2.45, 2.75) is 98.5 Å². The van der Waals surface area contributed by atoms with Gasteiger partial charge in [0.2, 0.25) is 0 Å². The van der Waals surface area contributed by atoms with Gasteiger partial charge >= 0.3 is 217 Å². The van der Waals surface area contributed by atoms with E-state index in [9.17, 15) is 0 Å². The van der Waals surface area contributed by atoms with Crippen molar-refractivity contribution in [1.82, 2.24) is 0 Å². The monoisotopic (exact) mass is 704 g/mol. The normalized spacial score (nSPS) is 20.5. The van der Waals surface area contributed by atoms with E-state index < -0.39 is 20.1 Å². The second kappa shape index (κ2) is 11.0. The maximum atomic E-state index is 2.61. The van der Waals surface area contributed by atoms with Crippen LogP contribution in [0.1, 0.15) is 109 Å². The van der Waals surface area contributed by atoms with Crippen LogP contribution in [0.15, 0.2) is 47.5 Å². The van der Waals surface area contributed by atoms with Crippen molar-refractivity contribution in [3.8, 4) is 0 Å². The van der Waals surface area contributed by atoms with E-state index in [0.717, 1.165) is 7.35 Å². The fraction of sp³-hybridized carbons (Fsp3) is 0.500. The Morgan fingerprint density at radius 1 is 0.667 bits per heavy atom. The third-order valence-corrected chi connectivity index (χ3v) is 40.0. The molecule has 5 rings (SSSR count). The summed E-state index contributed by atoms with van der Waals surface area (Å²) >= 11 is -2.18. The molecule has 1 aliphatic heterocycles. The zero-order valence-corrected chi connectivity index (χ0v) is 29.5. The number of hydrogen-bond donors (Lipinski definition) is 0. The van der Waals surface area contributed by atoms with E-state index in [4.69, 9.17) is 0 Å². The minimum Gasteiger partial charge on any atom is -1.00 e. The molecule has 2 aliphatic carbocycles. The molecule has 0 aromatic heterocycles. The summed E-state index contributed by atoms with van der Waals surface area (Å²) in [6.45, 7) is 19.3. The predicted octanol–water partition coefficient (Wildman–Crippen LogP) is 3.31. The zero-order chi connectivity index (χ0) is 24.4. The number of allylic oxidation sites excluding steroid dienone is 2. The Balaban J connectivity index is 0.00000180. The molecule has 2 unspecified atom stereocenters. The summed E-state index contributed by atoms with van der Waals surface area (Å²) in [4.78, 5) is 0. The van der Waals surface area contributed by atoms with Crippen molar-refractivity contribution in [3.05, 3.63) is 80.9 Å². The molecule has 0 saturated carbocycles. The number of fused-ring (bicyclic) bond motifs is 2. The average molecular weight is 704 g/mol. The molecule has 0 radical (unpaired) electrons. The fourth-order valence-electron chi connectivity index (χ4n) is 6.90. The molecular weight excluding hydrogens is 662 g/mol. The van der Waals surface area contributed by atoms with Gasteiger partial charge in [-0.1, -0.05) is 0 Å². The van der Waals surface area contributed by atoms with Crippen LogP contribution in [0.25, 0.3) is 12.2 Å². The first-order valence-corrected chi connectivity index (χ1v) is 24.8. The molecule has 0 amide bonds. The summed E-state index contributed by atoms with van der Waals surface area (Å²) in [6, 6.07) is 17.7. The van der Waals surface area contributed by atoms with Crippen LogP contribution in [0.4, 0.5) is 0 Å². The van der Waals surface area contributed by atoms with Gasteiger partial charge in [-0.2, -0.15) is 0 Å². The summed E-state index contributed by atoms with van der Waals surface area (Å²) in [5.74, 6) is 0. The second-order valence-corrected chi connectivity index (χ2v) is 35.0.